The van der Waals surface area contributed by atoms with E-state index < -0.39 is 14.8 Å². The molecule has 26 heavy (non-hydrogen) atoms. The van der Waals surface area contributed by atoms with E-state index in [-0.39, 0.29) is 22.5 Å². The molecule has 0 aliphatic carbocycles. The molecule has 0 aromatic heterocycles. The number of carbonyl (C=O) groups excluding carboxylic acids is 1. The van der Waals surface area contributed by atoms with Crippen molar-refractivity contribution in [1.29, 1.82) is 0 Å². The van der Waals surface area contributed by atoms with Crippen LogP contribution in [0.1, 0.15) is 40.9 Å². The Balaban J connectivity index is 2.20. The lowest BCUT2D eigenvalue weighted by Crippen LogP contribution is -2.28. The van der Waals surface area contributed by atoms with Crippen LogP contribution in [0, 0.1) is 17.0 Å². The maximum Gasteiger partial charge on any atom is 0.272 e. The maximum atomic E-state index is 12.5. The molecule has 0 bridgehead atoms. The van der Waals surface area contributed by atoms with E-state index in [1.807, 2.05) is 6.92 Å². The highest BCUT2D eigenvalue weighted by Gasteiger charge is 2.18. The monoisotopic (exact) mass is 376 g/mol. The summed E-state index contributed by atoms with van der Waals surface area (Å²) in [6.45, 7) is 3.48. The molecular formula is C18H20N2O5S. The van der Waals surface area contributed by atoms with Crippen molar-refractivity contribution >= 4 is 21.4 Å². The molecule has 0 saturated carbocycles. The zero-order chi connectivity index (χ0) is 19.5. The number of aryl methyl sites for hydroxylation is 1. The average molecular weight is 376 g/mol. The Morgan fingerprint density at radius 2 is 1.81 bits per heavy atom. The maximum absolute atomic E-state index is 12.5. The van der Waals surface area contributed by atoms with Crippen LogP contribution >= 0.6 is 0 Å². The van der Waals surface area contributed by atoms with Crippen molar-refractivity contribution in [3.63, 3.8) is 0 Å². The first-order valence-electron chi connectivity index (χ1n) is 7.99. The van der Waals surface area contributed by atoms with Crippen LogP contribution in [0.5, 0.6) is 0 Å². The summed E-state index contributed by atoms with van der Waals surface area (Å²) in [5, 5.41) is 13.7. The summed E-state index contributed by atoms with van der Waals surface area (Å²) < 4.78 is 23.1. The Morgan fingerprint density at radius 1 is 1.19 bits per heavy atom. The largest absolute Gasteiger partial charge is 0.345 e. The van der Waals surface area contributed by atoms with Crippen LogP contribution < -0.4 is 5.32 Å². The summed E-state index contributed by atoms with van der Waals surface area (Å²) in [4.78, 5) is 23.1. The number of nitro groups is 1. The molecule has 138 valence electrons. The number of hydrogen-bond acceptors (Lipinski definition) is 5. The summed E-state index contributed by atoms with van der Waals surface area (Å²) in [5.41, 5.74) is 1.49. The predicted octanol–water partition coefficient (Wildman–Crippen LogP) is 3.19. The summed E-state index contributed by atoms with van der Waals surface area (Å²) in [6, 6.07) is 10.3. The van der Waals surface area contributed by atoms with Crippen molar-refractivity contribution in [3.8, 4) is 0 Å². The quantitative estimate of drug-likeness (QED) is 0.615. The van der Waals surface area contributed by atoms with E-state index in [0.29, 0.717) is 17.5 Å². The van der Waals surface area contributed by atoms with Gasteiger partial charge in [0.1, 0.15) is 0 Å². The second kappa shape index (κ2) is 7.65. The second-order valence-corrected chi connectivity index (χ2v) is 8.05. The van der Waals surface area contributed by atoms with E-state index in [2.05, 4.69) is 5.32 Å². The highest BCUT2D eigenvalue weighted by molar-refractivity contribution is 7.90. The molecule has 1 amide bonds. The number of rotatable bonds is 6. The third-order valence-corrected chi connectivity index (χ3v) is 5.21. The number of nitrogens with one attached hydrogen (secondary N) is 1. The lowest BCUT2D eigenvalue weighted by Gasteiger charge is -2.18. The van der Waals surface area contributed by atoms with Crippen LogP contribution in [0.4, 0.5) is 5.69 Å². The average Bonchev–Trinajstić information content (AvgIpc) is 2.58. The zero-order valence-electron chi connectivity index (χ0n) is 14.7. The Labute approximate surface area is 152 Å². The van der Waals surface area contributed by atoms with Crippen LogP contribution in [0.25, 0.3) is 0 Å². The fourth-order valence-electron chi connectivity index (χ4n) is 2.61. The fraction of sp³-hybridized carbons (Fsp3) is 0.278. The predicted molar refractivity (Wildman–Crippen MR) is 97.9 cm³/mol. The van der Waals surface area contributed by atoms with E-state index >= 15 is 0 Å². The van der Waals surface area contributed by atoms with Gasteiger partial charge in [-0.3, -0.25) is 14.9 Å². The molecule has 1 atom stereocenters. The van der Waals surface area contributed by atoms with Crippen LogP contribution in [0.15, 0.2) is 47.4 Å². The van der Waals surface area contributed by atoms with Gasteiger partial charge in [0.05, 0.1) is 15.9 Å². The topological polar surface area (TPSA) is 106 Å². The molecule has 0 spiro atoms. The highest BCUT2D eigenvalue weighted by atomic mass is 32.2. The third kappa shape index (κ3) is 4.45. The minimum absolute atomic E-state index is 0.0371. The first kappa shape index (κ1) is 19.6. The van der Waals surface area contributed by atoms with E-state index in [9.17, 15) is 23.3 Å². The molecule has 0 fully saturated rings. The molecule has 2 aromatic rings. The van der Waals surface area contributed by atoms with Crippen molar-refractivity contribution in [3.05, 3.63) is 69.3 Å². The van der Waals surface area contributed by atoms with Gasteiger partial charge in [-0.25, -0.2) is 8.42 Å². The molecule has 0 aliphatic heterocycles. The lowest BCUT2D eigenvalue weighted by atomic mass is 10.0. The van der Waals surface area contributed by atoms with Crippen molar-refractivity contribution in [2.75, 3.05) is 6.26 Å². The second-order valence-electron chi connectivity index (χ2n) is 6.03. The Morgan fingerprint density at radius 3 is 2.27 bits per heavy atom. The van der Waals surface area contributed by atoms with Gasteiger partial charge in [0.15, 0.2) is 9.84 Å². The summed E-state index contributed by atoms with van der Waals surface area (Å²) in [6.07, 6.45) is 1.74. The number of benzene rings is 2. The molecule has 2 rings (SSSR count). The number of amides is 1. The smallest absolute Gasteiger partial charge is 0.272 e. The van der Waals surface area contributed by atoms with Crippen LogP contribution in [-0.4, -0.2) is 25.5 Å². The van der Waals surface area contributed by atoms with Crippen molar-refractivity contribution in [1.82, 2.24) is 5.32 Å². The number of nitrogens with zero attached hydrogens (tertiary/aromatic N) is 1. The van der Waals surface area contributed by atoms with E-state index in [1.165, 1.54) is 30.3 Å². The number of nitro benzene ring substituents is 1. The van der Waals surface area contributed by atoms with Gasteiger partial charge in [-0.2, -0.15) is 0 Å². The Kier molecular flexibility index (Phi) is 5.76. The summed E-state index contributed by atoms with van der Waals surface area (Å²) >= 11 is 0. The van der Waals surface area contributed by atoms with Crippen molar-refractivity contribution < 1.29 is 18.1 Å². The van der Waals surface area contributed by atoms with Crippen molar-refractivity contribution in [2.45, 2.75) is 31.2 Å². The van der Waals surface area contributed by atoms with Gasteiger partial charge in [0.25, 0.3) is 11.6 Å². The van der Waals surface area contributed by atoms with Gasteiger partial charge >= 0.3 is 0 Å². The number of hydrogen-bond donors (Lipinski definition) is 1. The zero-order valence-corrected chi connectivity index (χ0v) is 15.5. The molecule has 0 saturated heterocycles. The lowest BCUT2D eigenvalue weighted by molar-refractivity contribution is -0.385. The number of carbonyl (C=O) groups is 1. The molecule has 0 unspecified atom stereocenters. The van der Waals surface area contributed by atoms with Crippen LogP contribution in [0.3, 0.4) is 0 Å². The molecular weight excluding hydrogens is 356 g/mol. The van der Waals surface area contributed by atoms with Gasteiger partial charge in [0, 0.05) is 23.4 Å². The summed E-state index contributed by atoms with van der Waals surface area (Å²) in [5.74, 6) is -0.345. The van der Waals surface area contributed by atoms with Gasteiger partial charge in [-0.1, -0.05) is 19.1 Å². The first-order valence-corrected chi connectivity index (χ1v) is 9.88. The van der Waals surface area contributed by atoms with Gasteiger partial charge in [0.2, 0.25) is 0 Å². The summed E-state index contributed by atoms with van der Waals surface area (Å²) in [7, 11) is -3.28. The van der Waals surface area contributed by atoms with E-state index in [1.54, 1.807) is 19.1 Å². The molecule has 2 aromatic carbocycles. The first-order chi connectivity index (χ1) is 12.1. The molecule has 0 heterocycles. The standard InChI is InChI=1S/C18H20N2O5S/c1-4-16(13-5-8-15(9-6-13)26(3,24)25)19-18(21)14-7-10-17(20(22)23)12(2)11-14/h5-11,16H,4H2,1-3H3,(H,19,21)/t16-/m0/s1. The third-order valence-electron chi connectivity index (χ3n) is 4.08. The molecule has 0 aliphatic rings. The molecule has 1 N–H and O–H groups in total. The molecule has 0 radical (unpaired) electrons. The Bertz CT molecular complexity index is 937. The van der Waals surface area contributed by atoms with Crippen LogP contribution in [0.2, 0.25) is 0 Å². The Hall–Kier alpha value is -2.74. The van der Waals surface area contributed by atoms with E-state index in [0.717, 1.165) is 11.8 Å². The van der Waals surface area contributed by atoms with Crippen LogP contribution in [-0.2, 0) is 9.84 Å². The van der Waals surface area contributed by atoms with Gasteiger partial charge in [-0.05, 0) is 43.2 Å². The van der Waals surface area contributed by atoms with Gasteiger partial charge in [-0.15, -0.1) is 0 Å². The highest BCUT2D eigenvalue weighted by Crippen LogP contribution is 2.22. The molecule has 8 heteroatoms. The molecule has 7 nitrogen and oxygen atoms in total. The fourth-order valence-corrected chi connectivity index (χ4v) is 3.24. The minimum Gasteiger partial charge on any atom is -0.345 e. The minimum atomic E-state index is -3.28. The number of sulfone groups is 1. The normalized spacial score (nSPS) is 12.4. The van der Waals surface area contributed by atoms with E-state index in [4.69, 9.17) is 0 Å². The van der Waals surface area contributed by atoms with Crippen molar-refractivity contribution in [2.24, 2.45) is 0 Å². The van der Waals surface area contributed by atoms with Gasteiger partial charge < -0.3 is 5.32 Å². The SMILES string of the molecule is CC[C@H](NC(=O)c1ccc([N+](=O)[O-])c(C)c1)c1ccc(S(C)(=O)=O)cc1.